The molecule has 0 aromatic heterocycles. The van der Waals surface area contributed by atoms with Gasteiger partial charge < -0.3 is 10.4 Å². The molecule has 0 spiro atoms. The molecular formula is C47H83NO5S. The molecule has 0 aliphatic heterocycles. The van der Waals surface area contributed by atoms with Gasteiger partial charge >= 0.3 is 0 Å². The van der Waals surface area contributed by atoms with Crippen LogP contribution < -0.4 is 5.32 Å². The fourth-order valence-electron chi connectivity index (χ4n) is 6.42. The summed E-state index contributed by atoms with van der Waals surface area (Å²) in [6.07, 6.45) is 57.2. The minimum atomic E-state index is -4.34. The van der Waals surface area contributed by atoms with E-state index in [4.69, 9.17) is 0 Å². The molecule has 0 bridgehead atoms. The summed E-state index contributed by atoms with van der Waals surface area (Å²) < 4.78 is 32.6. The van der Waals surface area contributed by atoms with Crippen LogP contribution in [0.2, 0.25) is 0 Å². The summed E-state index contributed by atoms with van der Waals surface area (Å²) in [7, 11) is -4.34. The van der Waals surface area contributed by atoms with Crippen LogP contribution in [-0.2, 0) is 14.9 Å². The zero-order valence-electron chi connectivity index (χ0n) is 34.8. The van der Waals surface area contributed by atoms with Crippen molar-refractivity contribution >= 4 is 16.0 Å². The number of carbonyl (C=O) groups is 1. The van der Waals surface area contributed by atoms with Gasteiger partial charge in [-0.2, -0.15) is 8.42 Å². The lowest BCUT2D eigenvalue weighted by molar-refractivity contribution is -0.122. The standard InChI is InChI=1S/C47H83NO5S/c1-3-5-7-9-11-13-15-17-19-21-23-25-26-28-30-32-34-36-38-40-42-46(49)45(44-54(51,52)53)48-47(50)43-41-39-37-35-33-31-29-27-24-22-20-18-16-14-12-10-8-6-4-2/h6,8,12,14,18,20,24,27,31,33,37,39,45-46,49H,3-5,7,9-11,13,15-17,19,21-23,25-26,28-30,32,34-36,38,40-44H2,1-2H3,(H,48,50)(H,51,52,53)/b8-6-,14-12-,20-18-,27-24-,33-31-,39-37-. The Morgan fingerprint density at radius 2 is 0.852 bits per heavy atom. The van der Waals surface area contributed by atoms with Crippen molar-refractivity contribution < 1.29 is 22.9 Å². The Hall–Kier alpha value is -2.22. The average Bonchev–Trinajstić information content (AvgIpc) is 3.14. The van der Waals surface area contributed by atoms with Crippen molar-refractivity contribution in [2.45, 2.75) is 212 Å². The number of aliphatic hydroxyl groups is 1. The Kier molecular flexibility index (Phi) is 38.8. The smallest absolute Gasteiger partial charge is 0.266 e. The van der Waals surface area contributed by atoms with Crippen LogP contribution in [0.5, 0.6) is 0 Å². The largest absolute Gasteiger partial charge is 0.391 e. The van der Waals surface area contributed by atoms with E-state index in [0.29, 0.717) is 12.8 Å². The van der Waals surface area contributed by atoms with E-state index in [1.54, 1.807) is 0 Å². The van der Waals surface area contributed by atoms with Gasteiger partial charge in [0.2, 0.25) is 5.91 Å². The molecule has 312 valence electrons. The van der Waals surface area contributed by atoms with Gasteiger partial charge in [-0.1, -0.05) is 215 Å². The third-order valence-electron chi connectivity index (χ3n) is 9.69. The molecule has 0 saturated heterocycles. The molecule has 6 nitrogen and oxygen atoms in total. The summed E-state index contributed by atoms with van der Waals surface area (Å²) in [5, 5.41) is 13.3. The topological polar surface area (TPSA) is 104 Å². The van der Waals surface area contributed by atoms with Crippen LogP contribution in [0.25, 0.3) is 0 Å². The van der Waals surface area contributed by atoms with Crippen molar-refractivity contribution in [3.8, 4) is 0 Å². The first-order valence-electron chi connectivity index (χ1n) is 22.1. The van der Waals surface area contributed by atoms with Gasteiger partial charge in [0, 0.05) is 6.42 Å². The Morgan fingerprint density at radius 3 is 1.20 bits per heavy atom. The maximum Gasteiger partial charge on any atom is 0.266 e. The second-order valence-corrected chi connectivity index (χ2v) is 16.4. The number of amides is 1. The van der Waals surface area contributed by atoms with Crippen LogP contribution in [-0.4, -0.2) is 41.9 Å². The quantitative estimate of drug-likeness (QED) is 0.0328. The van der Waals surface area contributed by atoms with E-state index in [2.05, 4.69) is 79.9 Å². The molecule has 0 aliphatic rings. The molecule has 0 aliphatic carbocycles. The van der Waals surface area contributed by atoms with Crippen molar-refractivity contribution in [3.63, 3.8) is 0 Å². The number of hydrogen-bond donors (Lipinski definition) is 3. The molecule has 3 N–H and O–H groups in total. The molecule has 7 heteroatoms. The molecule has 0 heterocycles. The fraction of sp³-hybridized carbons (Fsp3) is 0.723. The molecule has 0 rings (SSSR count). The van der Waals surface area contributed by atoms with E-state index in [0.717, 1.165) is 57.8 Å². The maximum absolute atomic E-state index is 12.5. The van der Waals surface area contributed by atoms with Crippen molar-refractivity contribution in [3.05, 3.63) is 72.9 Å². The monoisotopic (exact) mass is 774 g/mol. The van der Waals surface area contributed by atoms with E-state index in [-0.39, 0.29) is 12.3 Å². The first kappa shape index (κ1) is 51.8. The number of unbranched alkanes of at least 4 members (excludes halogenated alkanes) is 19. The first-order chi connectivity index (χ1) is 26.3. The summed E-state index contributed by atoms with van der Waals surface area (Å²) in [4.78, 5) is 12.5. The Bertz CT molecular complexity index is 1120. The second kappa shape index (κ2) is 40.4. The maximum atomic E-state index is 12.5. The molecular weight excluding hydrogens is 691 g/mol. The van der Waals surface area contributed by atoms with Crippen LogP contribution in [0.1, 0.15) is 200 Å². The van der Waals surface area contributed by atoms with Gasteiger partial charge in [0.1, 0.15) is 0 Å². The highest BCUT2D eigenvalue weighted by atomic mass is 32.2. The normalized spacial score (nSPS) is 13.9. The molecule has 2 atom stereocenters. The highest BCUT2D eigenvalue weighted by Gasteiger charge is 2.25. The number of aliphatic hydroxyl groups excluding tert-OH is 1. The zero-order chi connectivity index (χ0) is 39.6. The van der Waals surface area contributed by atoms with E-state index in [9.17, 15) is 22.9 Å². The molecule has 0 radical (unpaired) electrons. The third kappa shape index (κ3) is 41.0. The van der Waals surface area contributed by atoms with Crippen molar-refractivity contribution in [1.82, 2.24) is 5.32 Å². The van der Waals surface area contributed by atoms with Crippen LogP contribution in [0.4, 0.5) is 0 Å². The molecule has 1 amide bonds. The molecule has 54 heavy (non-hydrogen) atoms. The van der Waals surface area contributed by atoms with Gasteiger partial charge in [-0.25, -0.2) is 0 Å². The summed E-state index contributed by atoms with van der Waals surface area (Å²) in [6.45, 7) is 4.42. The molecule has 2 unspecified atom stereocenters. The Labute approximate surface area is 334 Å². The zero-order valence-corrected chi connectivity index (χ0v) is 35.6. The molecule has 0 saturated carbocycles. The number of allylic oxidation sites excluding steroid dienone is 12. The number of rotatable bonds is 39. The predicted octanol–water partition coefficient (Wildman–Crippen LogP) is 13.4. The van der Waals surface area contributed by atoms with E-state index in [1.165, 1.54) is 109 Å². The van der Waals surface area contributed by atoms with Crippen molar-refractivity contribution in [2.24, 2.45) is 0 Å². The van der Waals surface area contributed by atoms with Gasteiger partial charge in [-0.05, 0) is 51.4 Å². The Morgan fingerprint density at radius 1 is 0.519 bits per heavy atom. The van der Waals surface area contributed by atoms with Gasteiger partial charge in [0.25, 0.3) is 10.1 Å². The first-order valence-corrected chi connectivity index (χ1v) is 23.7. The Balaban J connectivity index is 3.96. The number of hydrogen-bond acceptors (Lipinski definition) is 4. The van der Waals surface area contributed by atoms with E-state index in [1.807, 2.05) is 12.2 Å². The van der Waals surface area contributed by atoms with Gasteiger partial charge in [-0.3, -0.25) is 9.35 Å². The lowest BCUT2D eigenvalue weighted by atomic mass is 10.0. The van der Waals surface area contributed by atoms with E-state index < -0.39 is 28.0 Å². The summed E-state index contributed by atoms with van der Waals surface area (Å²) >= 11 is 0. The fourth-order valence-corrected chi connectivity index (χ4v) is 7.18. The number of carbonyl (C=O) groups excluding carboxylic acids is 1. The molecule has 0 aromatic rings. The van der Waals surface area contributed by atoms with Crippen LogP contribution in [0.15, 0.2) is 72.9 Å². The van der Waals surface area contributed by atoms with Crippen molar-refractivity contribution in [1.29, 1.82) is 0 Å². The van der Waals surface area contributed by atoms with Crippen LogP contribution >= 0.6 is 0 Å². The minimum absolute atomic E-state index is 0.191. The van der Waals surface area contributed by atoms with Gasteiger partial charge in [0.15, 0.2) is 0 Å². The minimum Gasteiger partial charge on any atom is -0.391 e. The average molecular weight is 774 g/mol. The summed E-state index contributed by atoms with van der Waals surface area (Å²) in [5.41, 5.74) is 0. The SMILES string of the molecule is CC/C=C\C/C=C\C/C=C\C/C=C\C/C=C\C/C=C\CCC(=O)NC(CS(=O)(=O)O)C(O)CCCCCCCCCCCCCCCCCCCCCC. The second-order valence-electron chi connectivity index (χ2n) is 14.9. The van der Waals surface area contributed by atoms with E-state index >= 15 is 0 Å². The van der Waals surface area contributed by atoms with Gasteiger partial charge in [0.05, 0.1) is 17.9 Å². The summed E-state index contributed by atoms with van der Waals surface area (Å²) in [5.74, 6) is -1.01. The molecule has 0 fully saturated rings. The third-order valence-corrected chi connectivity index (χ3v) is 10.5. The summed E-state index contributed by atoms with van der Waals surface area (Å²) in [6, 6.07) is -1.02. The predicted molar refractivity (Wildman–Crippen MR) is 234 cm³/mol. The highest BCUT2D eigenvalue weighted by Crippen LogP contribution is 2.16. The highest BCUT2D eigenvalue weighted by molar-refractivity contribution is 7.85. The van der Waals surface area contributed by atoms with Crippen molar-refractivity contribution in [2.75, 3.05) is 5.75 Å². The van der Waals surface area contributed by atoms with Crippen LogP contribution in [0, 0.1) is 0 Å². The lowest BCUT2D eigenvalue weighted by Gasteiger charge is -2.23. The van der Waals surface area contributed by atoms with Crippen LogP contribution in [0.3, 0.4) is 0 Å². The number of nitrogens with one attached hydrogen (secondary N) is 1. The van der Waals surface area contributed by atoms with Gasteiger partial charge in [-0.15, -0.1) is 0 Å². The lowest BCUT2D eigenvalue weighted by Crippen LogP contribution is -2.47. The molecule has 0 aromatic carbocycles.